The molecular weight excluding hydrogens is 191 g/mol. The molecule has 5 nitrogen and oxygen atoms in total. The van der Waals surface area contributed by atoms with Gasteiger partial charge in [-0.3, -0.25) is 4.57 Å². The van der Waals surface area contributed by atoms with Gasteiger partial charge in [0.05, 0.1) is 0 Å². The third-order valence-corrected chi connectivity index (χ3v) is 1.16. The number of hydrogen-bond acceptors (Lipinski definition) is 3. The fourth-order valence-electron chi connectivity index (χ4n) is 0.642. The lowest BCUT2D eigenvalue weighted by atomic mass is 10.2. The predicted octanol–water partition coefficient (Wildman–Crippen LogP) is 0.258. The second-order valence-corrected chi connectivity index (χ2v) is 4.50. The van der Waals surface area contributed by atoms with E-state index in [-0.39, 0.29) is 0 Å². The summed E-state index contributed by atoms with van der Waals surface area (Å²) in [7, 11) is -3.64. The fourth-order valence-corrected chi connectivity index (χ4v) is 0.642. The minimum Gasteiger partial charge on any atom is -0.330 e. The number of hydrogen-bond donors (Lipinski definition) is 4. The van der Waals surface area contributed by atoms with E-state index in [9.17, 15) is 4.57 Å². The lowest BCUT2D eigenvalue weighted by Crippen LogP contribution is -2.00. The van der Waals surface area contributed by atoms with Gasteiger partial charge in [-0.05, 0) is 25.9 Å². The van der Waals surface area contributed by atoms with Gasteiger partial charge in [-0.1, -0.05) is 12.8 Å². The second-order valence-electron chi connectivity index (χ2n) is 2.83. The Hall–Kier alpha value is 0.0700. The first-order valence-electron chi connectivity index (χ1n) is 4.35. The first kappa shape index (κ1) is 15.5. The van der Waals surface area contributed by atoms with Crippen LogP contribution in [0.15, 0.2) is 0 Å². The minimum absolute atomic E-state index is 0.824. The zero-order valence-electron chi connectivity index (χ0n) is 8.15. The van der Waals surface area contributed by atoms with Crippen LogP contribution in [0.3, 0.4) is 0 Å². The highest BCUT2D eigenvalue weighted by Crippen LogP contribution is 2.26. The molecule has 0 unspecified atom stereocenters. The second kappa shape index (κ2) is 10.2. The van der Waals surface area contributed by atoms with Gasteiger partial charge in [0.1, 0.15) is 0 Å². The van der Waals surface area contributed by atoms with E-state index >= 15 is 0 Å². The highest BCUT2D eigenvalue weighted by atomic mass is 31.2. The molecule has 6 heteroatoms. The van der Waals surface area contributed by atoms with Crippen molar-refractivity contribution in [1.82, 2.24) is 0 Å². The topological polar surface area (TPSA) is 110 Å². The molecule has 13 heavy (non-hydrogen) atoms. The molecule has 0 aliphatic rings. The molecule has 0 aliphatic carbocycles. The van der Waals surface area contributed by atoms with E-state index in [0.717, 1.165) is 32.6 Å². The average Bonchev–Trinajstić information content (AvgIpc) is 1.95. The van der Waals surface area contributed by atoms with Crippen LogP contribution in [0.1, 0.15) is 25.7 Å². The molecule has 0 aromatic carbocycles. The Morgan fingerprint density at radius 1 is 1.00 bits per heavy atom. The maximum absolute atomic E-state index is 9.33. The third-order valence-electron chi connectivity index (χ3n) is 1.16. The molecule has 0 atom stereocenters. The first-order valence-corrected chi connectivity index (χ1v) is 6.41. The summed E-state index contributed by atoms with van der Waals surface area (Å²) in [5.74, 6) is 0. The highest BCUT2D eigenvalue weighted by molar-refractivity contribution is 7.50. The standard InChI is InChI=1S/C6H16N2.CH5O3P/c7-5-3-1-2-4-6-8;1-5(2,3)4/h1-8H2;1H3,(H2,2,3,4). The Labute approximate surface area is 79.7 Å². The van der Waals surface area contributed by atoms with Crippen LogP contribution in [0.4, 0.5) is 0 Å². The van der Waals surface area contributed by atoms with Crippen LogP contribution < -0.4 is 11.5 Å². The van der Waals surface area contributed by atoms with Gasteiger partial charge in [0.15, 0.2) is 0 Å². The van der Waals surface area contributed by atoms with Gasteiger partial charge in [-0.2, -0.15) is 0 Å². The SMILES string of the molecule is CP(=O)(O)O.NCCCCCCN. The van der Waals surface area contributed by atoms with Crippen molar-refractivity contribution in [1.29, 1.82) is 0 Å². The Kier molecular flexibility index (Phi) is 12.1. The van der Waals surface area contributed by atoms with Crippen molar-refractivity contribution in [2.24, 2.45) is 11.5 Å². The summed E-state index contributed by atoms with van der Waals surface area (Å²) >= 11 is 0. The van der Waals surface area contributed by atoms with E-state index in [2.05, 4.69) is 0 Å². The zero-order valence-corrected chi connectivity index (χ0v) is 9.04. The van der Waals surface area contributed by atoms with Crippen LogP contribution in [0, 0.1) is 0 Å². The molecule has 0 aromatic heterocycles. The third kappa shape index (κ3) is 47.6. The van der Waals surface area contributed by atoms with E-state index < -0.39 is 7.60 Å². The lowest BCUT2D eigenvalue weighted by Gasteiger charge is -1.94. The average molecular weight is 212 g/mol. The minimum atomic E-state index is -3.64. The highest BCUT2D eigenvalue weighted by Gasteiger charge is 1.95. The van der Waals surface area contributed by atoms with Crippen molar-refractivity contribution in [3.63, 3.8) is 0 Å². The summed E-state index contributed by atoms with van der Waals surface area (Å²) < 4.78 is 9.33. The Morgan fingerprint density at radius 2 is 1.23 bits per heavy atom. The molecule has 6 N–H and O–H groups in total. The largest absolute Gasteiger partial charge is 0.330 e. The van der Waals surface area contributed by atoms with Gasteiger partial charge in [0, 0.05) is 6.66 Å². The Balaban J connectivity index is 0. The van der Waals surface area contributed by atoms with Crippen molar-refractivity contribution in [3.05, 3.63) is 0 Å². The van der Waals surface area contributed by atoms with Crippen molar-refractivity contribution in [2.45, 2.75) is 25.7 Å². The molecule has 0 saturated heterocycles. The van der Waals surface area contributed by atoms with Crippen LogP contribution in [-0.2, 0) is 4.57 Å². The van der Waals surface area contributed by atoms with Crippen LogP contribution in [0.2, 0.25) is 0 Å². The molecule has 0 rings (SSSR count). The molecule has 0 aromatic rings. The summed E-state index contributed by atoms with van der Waals surface area (Å²) in [5, 5.41) is 0. The van der Waals surface area contributed by atoms with Gasteiger partial charge in [-0.15, -0.1) is 0 Å². The van der Waals surface area contributed by atoms with Gasteiger partial charge >= 0.3 is 7.60 Å². The molecule has 0 bridgehead atoms. The van der Waals surface area contributed by atoms with Crippen LogP contribution in [0.5, 0.6) is 0 Å². The Bertz CT molecular complexity index is 123. The van der Waals surface area contributed by atoms with Gasteiger partial charge in [0.2, 0.25) is 0 Å². The summed E-state index contributed by atoms with van der Waals surface area (Å²) in [6, 6.07) is 0. The molecule has 0 saturated carbocycles. The normalized spacial score (nSPS) is 10.5. The lowest BCUT2D eigenvalue weighted by molar-refractivity contribution is 0.381. The monoisotopic (exact) mass is 212 g/mol. The number of nitrogens with two attached hydrogens (primary N) is 2. The molecular formula is C7H21N2O3P. The predicted molar refractivity (Wildman–Crippen MR) is 54.5 cm³/mol. The maximum Gasteiger partial charge on any atom is 0.322 e. The van der Waals surface area contributed by atoms with Crippen LogP contribution >= 0.6 is 7.60 Å². The van der Waals surface area contributed by atoms with Crippen molar-refractivity contribution in [3.8, 4) is 0 Å². The zero-order chi connectivity index (χ0) is 10.7. The van der Waals surface area contributed by atoms with E-state index in [0.29, 0.717) is 0 Å². The van der Waals surface area contributed by atoms with Crippen molar-refractivity contribution in [2.75, 3.05) is 19.8 Å². The van der Waals surface area contributed by atoms with E-state index in [4.69, 9.17) is 21.3 Å². The van der Waals surface area contributed by atoms with E-state index in [1.807, 2.05) is 0 Å². The maximum atomic E-state index is 9.33. The van der Waals surface area contributed by atoms with Crippen molar-refractivity contribution >= 4 is 7.60 Å². The fraction of sp³-hybridized carbons (Fsp3) is 1.00. The molecule has 0 radical (unpaired) electrons. The summed E-state index contributed by atoms with van der Waals surface area (Å²) in [6.45, 7) is 2.50. The molecule has 0 heterocycles. The van der Waals surface area contributed by atoms with Gasteiger partial charge in [-0.25, -0.2) is 0 Å². The summed E-state index contributed by atoms with van der Waals surface area (Å²) in [4.78, 5) is 15.3. The van der Waals surface area contributed by atoms with Crippen LogP contribution in [0.25, 0.3) is 0 Å². The summed E-state index contributed by atoms with van der Waals surface area (Å²) in [5.41, 5.74) is 10.6. The molecule has 0 aliphatic heterocycles. The molecule has 0 spiro atoms. The first-order chi connectivity index (χ1) is 5.91. The molecule has 0 amide bonds. The number of unbranched alkanes of at least 4 members (excludes halogenated alkanes) is 3. The van der Waals surface area contributed by atoms with E-state index in [1.165, 1.54) is 12.8 Å². The van der Waals surface area contributed by atoms with Crippen LogP contribution in [-0.4, -0.2) is 29.5 Å². The molecule has 82 valence electrons. The molecule has 0 fully saturated rings. The smallest absolute Gasteiger partial charge is 0.322 e. The van der Waals surface area contributed by atoms with Gasteiger partial charge < -0.3 is 21.3 Å². The van der Waals surface area contributed by atoms with Crippen molar-refractivity contribution < 1.29 is 14.4 Å². The Morgan fingerprint density at radius 3 is 1.38 bits per heavy atom. The summed E-state index contributed by atoms with van der Waals surface area (Å²) in [6.07, 6.45) is 4.79. The number of rotatable bonds is 5. The quantitative estimate of drug-likeness (QED) is 0.386. The van der Waals surface area contributed by atoms with Gasteiger partial charge in [0.25, 0.3) is 0 Å². The van der Waals surface area contributed by atoms with E-state index in [1.54, 1.807) is 0 Å².